The van der Waals surface area contributed by atoms with E-state index in [2.05, 4.69) is 81.5 Å². The minimum atomic E-state index is -0.789. The van der Waals surface area contributed by atoms with E-state index in [1.807, 2.05) is 0 Å². The van der Waals surface area contributed by atoms with Crippen molar-refractivity contribution in [3.05, 3.63) is 60.8 Å². The summed E-state index contributed by atoms with van der Waals surface area (Å²) in [6.07, 6.45) is 62.0. The monoisotopic (exact) mass is 867 g/mol. The lowest BCUT2D eigenvalue weighted by Gasteiger charge is -2.18. The summed E-state index contributed by atoms with van der Waals surface area (Å²) in [6.45, 7) is 6.48. The predicted molar refractivity (Wildman–Crippen MR) is 265 cm³/mol. The van der Waals surface area contributed by atoms with Gasteiger partial charge in [0, 0.05) is 19.3 Å². The molecule has 1 unspecified atom stereocenters. The summed E-state index contributed by atoms with van der Waals surface area (Å²) < 4.78 is 16.8. The van der Waals surface area contributed by atoms with Gasteiger partial charge in [-0.3, -0.25) is 14.4 Å². The molecule has 1 atom stereocenters. The average molecular weight is 867 g/mol. The zero-order valence-electron chi connectivity index (χ0n) is 40.9. The Morgan fingerprint density at radius 3 is 1.00 bits per heavy atom. The largest absolute Gasteiger partial charge is 0.462 e. The van der Waals surface area contributed by atoms with Gasteiger partial charge in [0.1, 0.15) is 13.2 Å². The first-order chi connectivity index (χ1) is 30.5. The van der Waals surface area contributed by atoms with Crippen LogP contribution in [0.1, 0.15) is 258 Å². The Bertz CT molecular complexity index is 1130. The number of unbranched alkanes of at least 4 members (excludes halogenated alkanes) is 29. The molecule has 0 spiro atoms. The van der Waals surface area contributed by atoms with Crippen molar-refractivity contribution < 1.29 is 28.6 Å². The Kier molecular flexibility index (Phi) is 48.4. The van der Waals surface area contributed by atoms with Crippen molar-refractivity contribution in [1.82, 2.24) is 0 Å². The third-order valence-corrected chi connectivity index (χ3v) is 11.3. The van der Waals surface area contributed by atoms with Crippen LogP contribution in [0.2, 0.25) is 0 Å². The van der Waals surface area contributed by atoms with Gasteiger partial charge in [-0.2, -0.15) is 0 Å². The molecular weight excluding hydrogens is 769 g/mol. The van der Waals surface area contributed by atoms with Crippen LogP contribution in [0.25, 0.3) is 0 Å². The second-order valence-corrected chi connectivity index (χ2v) is 17.5. The molecule has 0 bridgehead atoms. The molecule has 0 aromatic carbocycles. The minimum Gasteiger partial charge on any atom is -0.462 e. The third-order valence-electron chi connectivity index (χ3n) is 11.3. The molecule has 0 fully saturated rings. The standard InChI is InChI=1S/C56H98O6/c1-4-7-10-13-16-19-22-25-27-29-31-34-37-40-43-46-49-55(58)61-52-53(51-60-54(57)48-45-42-39-36-33-30-24-21-18-15-12-9-6-3)62-56(59)50-47-44-41-38-35-32-28-26-23-20-17-14-11-8-5-2/h8,11,14,17,20,23,27,29,31,34,53H,4-7,9-10,12-13,15-16,18-19,21-22,24-26,28,30,32-33,35-52H2,1-3H3/b11-8-,17-14-,23-20-,29-27-,34-31-. The Balaban J connectivity index is 4.43. The lowest BCUT2D eigenvalue weighted by Crippen LogP contribution is -2.30. The summed E-state index contributed by atoms with van der Waals surface area (Å²) in [7, 11) is 0. The fourth-order valence-corrected chi connectivity index (χ4v) is 7.37. The lowest BCUT2D eigenvalue weighted by atomic mass is 10.0. The molecule has 0 aliphatic heterocycles. The van der Waals surface area contributed by atoms with Crippen molar-refractivity contribution in [2.45, 2.75) is 264 Å². The number of carbonyl (C=O) groups is 3. The summed E-state index contributed by atoms with van der Waals surface area (Å²) >= 11 is 0. The summed E-state index contributed by atoms with van der Waals surface area (Å²) in [5.74, 6) is -0.919. The normalized spacial score (nSPS) is 12.5. The molecule has 358 valence electrons. The summed E-state index contributed by atoms with van der Waals surface area (Å²) in [5, 5.41) is 0. The van der Waals surface area contributed by atoms with E-state index in [0.717, 1.165) is 83.5 Å². The highest BCUT2D eigenvalue weighted by atomic mass is 16.6. The Hall–Kier alpha value is -2.89. The highest BCUT2D eigenvalue weighted by Gasteiger charge is 2.19. The van der Waals surface area contributed by atoms with E-state index in [1.54, 1.807) is 0 Å². The van der Waals surface area contributed by atoms with Gasteiger partial charge in [0.05, 0.1) is 0 Å². The molecule has 0 aromatic rings. The number of allylic oxidation sites excluding steroid dienone is 10. The number of carbonyl (C=O) groups excluding carboxylic acids is 3. The van der Waals surface area contributed by atoms with E-state index < -0.39 is 6.10 Å². The van der Waals surface area contributed by atoms with E-state index in [9.17, 15) is 14.4 Å². The molecule has 0 aliphatic carbocycles. The molecule has 0 saturated carbocycles. The summed E-state index contributed by atoms with van der Waals surface area (Å²) in [6, 6.07) is 0. The maximum atomic E-state index is 12.8. The van der Waals surface area contributed by atoms with Crippen LogP contribution in [0.3, 0.4) is 0 Å². The first-order valence-corrected chi connectivity index (χ1v) is 26.3. The lowest BCUT2D eigenvalue weighted by molar-refractivity contribution is -0.167. The molecule has 0 heterocycles. The van der Waals surface area contributed by atoms with E-state index >= 15 is 0 Å². The molecule has 0 N–H and O–H groups in total. The maximum Gasteiger partial charge on any atom is 0.306 e. The molecule has 0 amide bonds. The first-order valence-electron chi connectivity index (χ1n) is 26.3. The van der Waals surface area contributed by atoms with Crippen LogP contribution >= 0.6 is 0 Å². The molecule has 0 radical (unpaired) electrons. The van der Waals surface area contributed by atoms with E-state index in [-0.39, 0.29) is 31.1 Å². The van der Waals surface area contributed by atoms with Crippen molar-refractivity contribution in [3.8, 4) is 0 Å². The van der Waals surface area contributed by atoms with Crippen molar-refractivity contribution >= 4 is 17.9 Å². The molecule has 0 aromatic heterocycles. The van der Waals surface area contributed by atoms with Crippen LogP contribution in [0.15, 0.2) is 60.8 Å². The highest BCUT2D eigenvalue weighted by Crippen LogP contribution is 2.15. The van der Waals surface area contributed by atoms with E-state index in [4.69, 9.17) is 14.2 Å². The van der Waals surface area contributed by atoms with Gasteiger partial charge < -0.3 is 14.2 Å². The van der Waals surface area contributed by atoms with Gasteiger partial charge in [0.25, 0.3) is 0 Å². The third kappa shape index (κ3) is 48.1. The predicted octanol–water partition coefficient (Wildman–Crippen LogP) is 17.3. The number of esters is 3. The first kappa shape index (κ1) is 59.1. The van der Waals surface area contributed by atoms with Crippen LogP contribution in [-0.4, -0.2) is 37.2 Å². The van der Waals surface area contributed by atoms with Crippen molar-refractivity contribution in [1.29, 1.82) is 0 Å². The van der Waals surface area contributed by atoms with Gasteiger partial charge in [-0.15, -0.1) is 0 Å². The van der Waals surface area contributed by atoms with E-state index in [1.165, 1.54) is 135 Å². The zero-order valence-corrected chi connectivity index (χ0v) is 40.9. The van der Waals surface area contributed by atoms with Crippen molar-refractivity contribution in [2.24, 2.45) is 0 Å². The highest BCUT2D eigenvalue weighted by molar-refractivity contribution is 5.71. The van der Waals surface area contributed by atoms with Crippen LogP contribution in [0.5, 0.6) is 0 Å². The number of ether oxygens (including phenoxy) is 3. The fraction of sp³-hybridized carbons (Fsp3) is 0.768. The second kappa shape index (κ2) is 50.8. The van der Waals surface area contributed by atoms with Gasteiger partial charge in [-0.1, -0.05) is 236 Å². The van der Waals surface area contributed by atoms with Gasteiger partial charge in [0.15, 0.2) is 6.10 Å². The average Bonchev–Trinajstić information content (AvgIpc) is 3.27. The molecular formula is C56H98O6. The Morgan fingerprint density at radius 2 is 0.629 bits per heavy atom. The molecule has 0 rings (SSSR count). The minimum absolute atomic E-state index is 0.0858. The number of rotatable bonds is 47. The van der Waals surface area contributed by atoms with Crippen LogP contribution in [0, 0.1) is 0 Å². The Labute approximate surface area is 383 Å². The topological polar surface area (TPSA) is 78.9 Å². The van der Waals surface area contributed by atoms with Crippen LogP contribution in [0.4, 0.5) is 0 Å². The maximum absolute atomic E-state index is 12.8. The summed E-state index contributed by atoms with van der Waals surface area (Å²) in [4.78, 5) is 38.0. The molecule has 6 nitrogen and oxygen atoms in total. The fourth-order valence-electron chi connectivity index (χ4n) is 7.37. The molecule has 0 saturated heterocycles. The van der Waals surface area contributed by atoms with Crippen molar-refractivity contribution in [2.75, 3.05) is 13.2 Å². The molecule has 6 heteroatoms. The van der Waals surface area contributed by atoms with Gasteiger partial charge in [0.2, 0.25) is 0 Å². The van der Waals surface area contributed by atoms with Gasteiger partial charge in [-0.25, -0.2) is 0 Å². The zero-order chi connectivity index (χ0) is 45.1. The quantitative estimate of drug-likeness (QED) is 0.0262. The summed E-state index contributed by atoms with van der Waals surface area (Å²) in [5.41, 5.74) is 0. The SMILES string of the molecule is CC\C=C/C=C\C=C/CCCCCCCCCC(=O)OC(COC(=O)CCCCC/C=C\C=C/CCCCCCCCC)COC(=O)CCCCCCCCCCCCCCC. The number of hydrogen-bond donors (Lipinski definition) is 0. The molecule has 62 heavy (non-hydrogen) atoms. The van der Waals surface area contributed by atoms with Crippen molar-refractivity contribution in [3.63, 3.8) is 0 Å². The van der Waals surface area contributed by atoms with Gasteiger partial charge in [-0.05, 0) is 64.2 Å². The molecule has 0 aliphatic rings. The Morgan fingerprint density at radius 1 is 0.339 bits per heavy atom. The van der Waals surface area contributed by atoms with Crippen LogP contribution < -0.4 is 0 Å². The number of hydrogen-bond acceptors (Lipinski definition) is 6. The second-order valence-electron chi connectivity index (χ2n) is 17.5. The van der Waals surface area contributed by atoms with E-state index in [0.29, 0.717) is 19.3 Å². The van der Waals surface area contributed by atoms with Crippen LogP contribution in [-0.2, 0) is 28.6 Å². The smallest absolute Gasteiger partial charge is 0.306 e. The van der Waals surface area contributed by atoms with Gasteiger partial charge >= 0.3 is 17.9 Å².